The second-order valence-corrected chi connectivity index (χ2v) is 13.5. The highest BCUT2D eigenvalue weighted by Crippen LogP contribution is 2.50. The summed E-state index contributed by atoms with van der Waals surface area (Å²) in [7, 11) is -7.31. The third-order valence-corrected chi connectivity index (χ3v) is 9.44. The van der Waals surface area contributed by atoms with Gasteiger partial charge >= 0.3 is 15.6 Å². The molecule has 0 aromatic carbocycles. The number of rotatable bonds is 12. The van der Waals surface area contributed by atoms with Gasteiger partial charge in [-0.3, -0.25) is 46.8 Å². The number of nitrogens with one attached hydrogen (secondary N) is 2. The van der Waals surface area contributed by atoms with E-state index in [9.17, 15) is 33.6 Å². The number of fused-ring (bicyclic) bond motifs is 2. The fourth-order valence-electron chi connectivity index (χ4n) is 5.33. The van der Waals surface area contributed by atoms with Crippen molar-refractivity contribution in [1.29, 1.82) is 0 Å². The Morgan fingerprint density at radius 2 is 1.48 bits per heavy atom. The van der Waals surface area contributed by atoms with E-state index in [1.54, 1.807) is 0 Å². The molecule has 0 saturated carbocycles. The minimum Gasteiger partial charge on any atom is -0.386 e. The average molecular weight is 720 g/mol. The zero-order valence-corrected chi connectivity index (χ0v) is 26.7. The largest absolute Gasteiger partial charge is 0.472 e. The lowest BCUT2D eigenvalue weighted by Crippen LogP contribution is -2.36. The number of ether oxygens (including phenoxy) is 3. The molecule has 0 amide bonds. The van der Waals surface area contributed by atoms with E-state index in [4.69, 9.17) is 39.2 Å². The maximum Gasteiger partial charge on any atom is 0.472 e. The first-order valence-corrected chi connectivity index (χ1v) is 16.8. The maximum atomic E-state index is 13.2. The van der Waals surface area contributed by atoms with Crippen LogP contribution in [0.5, 0.6) is 0 Å². The van der Waals surface area contributed by atoms with Crippen molar-refractivity contribution in [3.05, 3.63) is 33.4 Å². The first kappa shape index (κ1) is 34.2. The number of imidazole rings is 2. The van der Waals surface area contributed by atoms with E-state index in [0.717, 1.165) is 18.0 Å². The van der Waals surface area contributed by atoms with E-state index in [-0.39, 0.29) is 40.6 Å². The van der Waals surface area contributed by atoms with Crippen LogP contribution in [0, 0.1) is 0 Å². The summed E-state index contributed by atoms with van der Waals surface area (Å²) in [4.78, 5) is 65.6. The van der Waals surface area contributed by atoms with Crippen LogP contribution in [-0.4, -0.2) is 112 Å². The summed E-state index contributed by atoms with van der Waals surface area (Å²) in [5.74, 6) is -0.422. The average Bonchev–Trinajstić information content (AvgIpc) is 3.80. The van der Waals surface area contributed by atoms with Gasteiger partial charge in [-0.2, -0.15) is 9.97 Å². The summed E-state index contributed by atoms with van der Waals surface area (Å²) >= 11 is 0. The number of hydrogen-bond donors (Lipinski definition) is 7. The zero-order chi connectivity index (χ0) is 34.5. The van der Waals surface area contributed by atoms with Crippen molar-refractivity contribution in [2.45, 2.75) is 49.4 Å². The predicted octanol–water partition coefficient (Wildman–Crippen LogP) is -1.76. The van der Waals surface area contributed by atoms with Gasteiger partial charge in [0.05, 0.1) is 32.0 Å². The fraction of sp³-hybridized carbons (Fsp3) is 0.545. The van der Waals surface area contributed by atoms with E-state index in [1.807, 2.05) is 0 Å². The molecule has 2 unspecified atom stereocenters. The number of methoxy groups -OCH3 is 1. The molecule has 26 heteroatoms. The lowest BCUT2D eigenvalue weighted by Gasteiger charge is -2.24. The van der Waals surface area contributed by atoms with Crippen LogP contribution in [0.3, 0.4) is 0 Å². The Balaban J connectivity index is 1.18. The van der Waals surface area contributed by atoms with Gasteiger partial charge in [0.25, 0.3) is 11.1 Å². The molecule has 0 aliphatic carbocycles. The smallest absolute Gasteiger partial charge is 0.386 e. The minimum atomic E-state index is -5.06. The van der Waals surface area contributed by atoms with Crippen molar-refractivity contribution in [2.75, 3.05) is 38.9 Å². The number of aliphatic hydroxyl groups excluding tert-OH is 1. The molecular formula is C22H30N10O14P2. The van der Waals surface area contributed by atoms with E-state index in [0.29, 0.717) is 0 Å². The number of H-pyrrole nitrogens is 2. The Morgan fingerprint density at radius 3 is 2.04 bits per heavy atom. The molecule has 0 radical (unpaired) electrons. The molecule has 4 aromatic rings. The van der Waals surface area contributed by atoms with Crippen LogP contribution in [0.15, 0.2) is 22.2 Å². The van der Waals surface area contributed by atoms with Gasteiger partial charge in [-0.05, 0) is 0 Å². The molecule has 0 spiro atoms. The van der Waals surface area contributed by atoms with Crippen LogP contribution in [0.25, 0.3) is 22.3 Å². The Morgan fingerprint density at radius 1 is 0.917 bits per heavy atom. The fourth-order valence-corrected chi connectivity index (χ4v) is 6.76. The van der Waals surface area contributed by atoms with Crippen molar-refractivity contribution in [1.82, 2.24) is 39.0 Å². The molecule has 48 heavy (non-hydrogen) atoms. The Hall–Kier alpha value is -3.64. The molecule has 6 rings (SSSR count). The van der Waals surface area contributed by atoms with E-state index in [1.165, 1.54) is 18.0 Å². The Kier molecular flexibility index (Phi) is 9.27. The Labute approximate surface area is 267 Å². The Bertz CT molecular complexity index is 2030. The molecular weight excluding hydrogens is 690 g/mol. The number of phosphoric ester groups is 2. The van der Waals surface area contributed by atoms with Gasteiger partial charge in [-0.1, -0.05) is 0 Å². The predicted molar refractivity (Wildman–Crippen MR) is 158 cm³/mol. The van der Waals surface area contributed by atoms with E-state index < -0.39 is 83.0 Å². The molecule has 9 atom stereocenters. The highest BCUT2D eigenvalue weighted by molar-refractivity contribution is 7.47. The van der Waals surface area contributed by atoms with Gasteiger partial charge in [-0.25, -0.2) is 19.1 Å². The highest BCUT2D eigenvalue weighted by atomic mass is 31.2. The molecule has 2 fully saturated rings. The lowest BCUT2D eigenvalue weighted by molar-refractivity contribution is -0.0620. The number of phosphoric acid groups is 2. The van der Waals surface area contributed by atoms with Gasteiger partial charge in [-0.15, -0.1) is 0 Å². The number of nitrogens with zero attached hydrogens (tertiary/aromatic N) is 6. The molecule has 2 saturated heterocycles. The summed E-state index contributed by atoms with van der Waals surface area (Å²) in [5.41, 5.74) is 9.93. The number of aromatic nitrogens is 8. The summed E-state index contributed by atoms with van der Waals surface area (Å²) in [6.45, 7) is -1.29. The summed E-state index contributed by atoms with van der Waals surface area (Å²) < 4.78 is 64.8. The van der Waals surface area contributed by atoms with Crippen molar-refractivity contribution in [3.8, 4) is 0 Å². The second-order valence-electron chi connectivity index (χ2n) is 10.5. The number of nitrogens with two attached hydrogens (primary N) is 2. The number of aliphatic hydroxyl groups is 1. The topological polar surface area (TPSA) is 339 Å². The molecule has 2 aliphatic rings. The van der Waals surface area contributed by atoms with Gasteiger partial charge in [0.15, 0.2) is 34.8 Å². The third kappa shape index (κ3) is 6.65. The molecule has 0 bridgehead atoms. The summed E-state index contributed by atoms with van der Waals surface area (Å²) in [5, 5.41) is 11.2. The third-order valence-electron chi connectivity index (χ3n) is 7.52. The minimum absolute atomic E-state index is 0.00239. The monoisotopic (exact) mass is 720 g/mol. The first-order chi connectivity index (χ1) is 22.7. The molecule has 4 aromatic heterocycles. The second kappa shape index (κ2) is 13.0. The van der Waals surface area contributed by atoms with Gasteiger partial charge < -0.3 is 40.6 Å². The quantitative estimate of drug-likeness (QED) is 0.0797. The van der Waals surface area contributed by atoms with Crippen molar-refractivity contribution in [2.24, 2.45) is 0 Å². The van der Waals surface area contributed by atoms with E-state index >= 15 is 0 Å². The number of anilines is 2. The van der Waals surface area contributed by atoms with Crippen molar-refractivity contribution in [3.63, 3.8) is 0 Å². The number of aromatic amines is 2. The van der Waals surface area contributed by atoms with Gasteiger partial charge in [0.1, 0.15) is 24.4 Å². The maximum absolute atomic E-state index is 13.2. The number of nitrogen functional groups attached to an aromatic ring is 2. The van der Waals surface area contributed by atoms with Crippen molar-refractivity contribution >= 4 is 49.9 Å². The van der Waals surface area contributed by atoms with Crippen LogP contribution in [0.4, 0.5) is 11.9 Å². The van der Waals surface area contributed by atoms with Gasteiger partial charge in [0.2, 0.25) is 11.9 Å². The SMILES string of the molecule is CO[C@@H]1C[C@@H](COP(=O)(O)O[C@H]2[C@@H](O)[C@H](n3cnc4c(=O)[nH]c(N)nc43)O[C@@H]2COP(=O)(O)OC)O[C@H]1n1cnc2c(=O)[nH]c(N)nc21. The number of hydrogen-bond acceptors (Lipinski definition) is 18. The molecule has 6 heterocycles. The van der Waals surface area contributed by atoms with Crippen LogP contribution in [-0.2, 0) is 41.4 Å². The first-order valence-electron chi connectivity index (χ1n) is 13.9. The molecule has 262 valence electrons. The summed E-state index contributed by atoms with van der Waals surface area (Å²) in [6, 6.07) is 0. The van der Waals surface area contributed by atoms with Crippen LogP contribution in [0.2, 0.25) is 0 Å². The molecule has 24 nitrogen and oxygen atoms in total. The standard InChI is InChI=1S/C22H30N10O14P2/c1-40-9-3-8(44-19(9)31-6-25-11-15(31)27-21(23)29-17(11)34)4-42-48(38,39)46-14-10(5-43-47(36,37)41-2)45-20(13(14)33)32-7-26-12-16(32)28-22(24)30-18(12)35/h6-10,13-14,19-20,33H,3-5H2,1-2H3,(H,36,37)(H,38,39)(H3,23,27,29,34)(H3,24,28,30,35)/t8-,9+,10+,13+,14+,19+,20+/m0/s1. The summed E-state index contributed by atoms with van der Waals surface area (Å²) in [6.07, 6.45) is -6.28. The van der Waals surface area contributed by atoms with E-state index in [2.05, 4.69) is 34.4 Å². The van der Waals surface area contributed by atoms with Gasteiger partial charge in [0, 0.05) is 20.6 Å². The van der Waals surface area contributed by atoms with Crippen LogP contribution < -0.4 is 22.6 Å². The molecule has 9 N–H and O–H groups in total. The molecule has 2 aliphatic heterocycles. The van der Waals surface area contributed by atoms with Crippen LogP contribution in [0.1, 0.15) is 18.9 Å². The highest BCUT2D eigenvalue weighted by Gasteiger charge is 2.50. The van der Waals surface area contributed by atoms with Crippen molar-refractivity contribution < 1.29 is 56.3 Å². The zero-order valence-electron chi connectivity index (χ0n) is 24.9. The lowest BCUT2D eigenvalue weighted by atomic mass is 10.1. The normalized spacial score (nSPS) is 28.6. The van der Waals surface area contributed by atoms with Crippen LogP contribution >= 0.6 is 15.6 Å².